The standard InChI is InChI=1S/C8H16O2.2C6H13.Sn.H/c1-3-5-6-7(4-2)8(9)10;2*1-3-5-6-4-2;;/h7H,3-6H2,1-2H3,(H,9,10);2*1,3-6H2,2H3;;/q;;;+1;/p-1. The van der Waals surface area contributed by atoms with Gasteiger partial charge in [0.15, 0.2) is 0 Å². The average Bonchev–Trinajstić information content (AvgIpc) is 2.55. The number of carbonyl (C=O) groups is 1. The molecule has 0 saturated carbocycles. The Bertz CT molecular complexity index is 256. The predicted octanol–water partition coefficient (Wildman–Crippen LogP) is 6.63. The average molecular weight is 433 g/mol. The van der Waals surface area contributed by atoms with Crippen LogP contribution in [0.2, 0.25) is 8.87 Å². The van der Waals surface area contributed by atoms with E-state index in [9.17, 15) is 4.79 Å². The Morgan fingerprint density at radius 2 is 1.30 bits per heavy atom. The Hall–Kier alpha value is 0.269. The Balaban J connectivity index is 4.29. The molecule has 0 amide bonds. The van der Waals surface area contributed by atoms with Gasteiger partial charge in [0, 0.05) is 0 Å². The molecule has 23 heavy (non-hydrogen) atoms. The van der Waals surface area contributed by atoms with Gasteiger partial charge in [-0.1, -0.05) is 0 Å². The molecule has 0 aliphatic heterocycles. The first-order chi connectivity index (χ1) is 11.2. The summed E-state index contributed by atoms with van der Waals surface area (Å²) < 4.78 is 8.67. The quantitative estimate of drug-likeness (QED) is 0.202. The van der Waals surface area contributed by atoms with Gasteiger partial charge in [-0.05, 0) is 0 Å². The van der Waals surface area contributed by atoms with Crippen LogP contribution in [0.1, 0.15) is 105 Å². The zero-order valence-electron chi connectivity index (χ0n) is 16.4. The van der Waals surface area contributed by atoms with Crippen molar-refractivity contribution in [2.75, 3.05) is 0 Å². The van der Waals surface area contributed by atoms with E-state index in [1.165, 1.54) is 66.7 Å². The van der Waals surface area contributed by atoms with Gasteiger partial charge in [-0.25, -0.2) is 0 Å². The molecule has 0 fully saturated rings. The molecule has 0 rings (SSSR count). The van der Waals surface area contributed by atoms with Gasteiger partial charge in [0.05, 0.1) is 0 Å². The fraction of sp³-hybridized carbons (Fsp3) is 0.950. The van der Waals surface area contributed by atoms with Gasteiger partial charge in [-0.15, -0.1) is 0 Å². The number of carbonyl (C=O) groups excluding carboxylic acids is 1. The molecule has 3 heteroatoms. The maximum absolute atomic E-state index is 12.5. The minimum atomic E-state index is -2.09. The van der Waals surface area contributed by atoms with Crippen LogP contribution in [-0.4, -0.2) is 26.1 Å². The summed E-state index contributed by atoms with van der Waals surface area (Å²) in [5.41, 5.74) is 0. The van der Waals surface area contributed by atoms with Crippen LogP contribution in [0.15, 0.2) is 0 Å². The first-order valence-electron chi connectivity index (χ1n) is 10.4. The van der Waals surface area contributed by atoms with Crippen LogP contribution in [0.25, 0.3) is 0 Å². The second-order valence-corrected chi connectivity index (χ2v) is 14.5. The molecule has 0 aliphatic rings. The van der Waals surface area contributed by atoms with Crippen LogP contribution in [0.5, 0.6) is 0 Å². The molecule has 0 N–H and O–H groups in total. The monoisotopic (exact) mass is 434 g/mol. The van der Waals surface area contributed by atoms with Crippen molar-refractivity contribution in [1.29, 1.82) is 0 Å². The molecule has 1 atom stereocenters. The minimum absolute atomic E-state index is 0.160. The van der Waals surface area contributed by atoms with Crippen LogP contribution >= 0.6 is 0 Å². The van der Waals surface area contributed by atoms with E-state index in [1.54, 1.807) is 0 Å². The van der Waals surface area contributed by atoms with E-state index in [4.69, 9.17) is 3.07 Å². The van der Waals surface area contributed by atoms with Gasteiger partial charge in [0.25, 0.3) is 0 Å². The second-order valence-electron chi connectivity index (χ2n) is 7.00. The molecule has 0 aromatic heterocycles. The van der Waals surface area contributed by atoms with E-state index in [-0.39, 0.29) is 11.9 Å². The van der Waals surface area contributed by atoms with Gasteiger partial charge in [0.2, 0.25) is 0 Å². The van der Waals surface area contributed by atoms with Crippen molar-refractivity contribution in [3.8, 4) is 0 Å². The van der Waals surface area contributed by atoms with Crippen molar-refractivity contribution in [1.82, 2.24) is 0 Å². The Labute approximate surface area is 153 Å². The first kappa shape index (κ1) is 23.3. The molecule has 0 spiro atoms. The molecular weight excluding hydrogens is 391 g/mol. The molecule has 0 aromatic rings. The van der Waals surface area contributed by atoms with E-state index in [2.05, 4.69) is 27.7 Å². The summed E-state index contributed by atoms with van der Waals surface area (Å²) in [5, 5.41) is 0. The SMILES string of the molecule is CCCCC[CH2][SnH]([CH2]CCCCC)[O]C(=O)C(CC)CCCC. The molecule has 1 unspecified atom stereocenters. The van der Waals surface area contributed by atoms with E-state index in [0.717, 1.165) is 19.3 Å². The van der Waals surface area contributed by atoms with Gasteiger partial charge in [-0.2, -0.15) is 0 Å². The van der Waals surface area contributed by atoms with Crippen molar-refractivity contribution in [2.45, 2.75) is 114 Å². The summed E-state index contributed by atoms with van der Waals surface area (Å²) >= 11 is -2.09. The van der Waals surface area contributed by atoms with Crippen LogP contribution in [0, 0.1) is 5.92 Å². The third kappa shape index (κ3) is 13.3. The molecule has 0 radical (unpaired) electrons. The summed E-state index contributed by atoms with van der Waals surface area (Å²) in [6, 6.07) is 0. The van der Waals surface area contributed by atoms with Crippen molar-refractivity contribution in [2.24, 2.45) is 5.92 Å². The number of hydrogen-bond acceptors (Lipinski definition) is 2. The zero-order valence-corrected chi connectivity index (χ0v) is 19.7. The second kappa shape index (κ2) is 17.1. The van der Waals surface area contributed by atoms with Crippen LogP contribution in [-0.2, 0) is 7.87 Å². The van der Waals surface area contributed by atoms with Crippen LogP contribution < -0.4 is 0 Å². The van der Waals surface area contributed by atoms with E-state index >= 15 is 0 Å². The van der Waals surface area contributed by atoms with Crippen molar-refractivity contribution in [3.63, 3.8) is 0 Å². The Kier molecular flexibility index (Phi) is 17.3. The maximum atomic E-state index is 12.5. The van der Waals surface area contributed by atoms with Gasteiger partial charge in [0.1, 0.15) is 0 Å². The van der Waals surface area contributed by atoms with Crippen molar-refractivity contribution in [3.05, 3.63) is 0 Å². The summed E-state index contributed by atoms with van der Waals surface area (Å²) in [6.07, 6.45) is 14.8. The van der Waals surface area contributed by atoms with E-state index in [0.29, 0.717) is 0 Å². The summed E-state index contributed by atoms with van der Waals surface area (Å²) in [7, 11) is 0. The Morgan fingerprint density at radius 3 is 1.74 bits per heavy atom. The first-order valence-corrected chi connectivity index (χ1v) is 16.4. The molecule has 138 valence electrons. The molecule has 0 aliphatic carbocycles. The van der Waals surface area contributed by atoms with Crippen molar-refractivity contribution >= 4 is 26.1 Å². The molecule has 0 aromatic carbocycles. The zero-order chi connectivity index (χ0) is 17.3. The fourth-order valence-electron chi connectivity index (χ4n) is 3.06. The van der Waals surface area contributed by atoms with Gasteiger partial charge >= 0.3 is 154 Å². The molecular formula is C20H42O2Sn. The topological polar surface area (TPSA) is 26.3 Å². The third-order valence-corrected chi connectivity index (χ3v) is 12.4. The van der Waals surface area contributed by atoms with Crippen molar-refractivity contribution < 1.29 is 7.87 Å². The summed E-state index contributed by atoms with van der Waals surface area (Å²) in [6.45, 7) is 8.84. The number of hydrogen-bond donors (Lipinski definition) is 0. The molecule has 2 nitrogen and oxygen atoms in total. The van der Waals surface area contributed by atoms with Gasteiger partial charge in [-0.3, -0.25) is 0 Å². The van der Waals surface area contributed by atoms with Gasteiger partial charge < -0.3 is 0 Å². The number of unbranched alkanes of at least 4 members (excludes halogenated alkanes) is 7. The Morgan fingerprint density at radius 1 is 0.783 bits per heavy atom. The predicted molar refractivity (Wildman–Crippen MR) is 104 cm³/mol. The fourth-order valence-corrected chi connectivity index (χ4v) is 10.3. The number of rotatable bonds is 16. The van der Waals surface area contributed by atoms with E-state index < -0.39 is 20.2 Å². The molecule has 0 bridgehead atoms. The van der Waals surface area contributed by atoms with E-state index in [1.807, 2.05) is 0 Å². The third-order valence-electron chi connectivity index (χ3n) is 4.77. The summed E-state index contributed by atoms with van der Waals surface area (Å²) in [5.74, 6) is 0.327. The van der Waals surface area contributed by atoms with Crippen LogP contribution in [0.3, 0.4) is 0 Å². The molecule has 0 saturated heterocycles. The van der Waals surface area contributed by atoms with Crippen LogP contribution in [0.4, 0.5) is 0 Å². The molecule has 0 heterocycles. The normalized spacial score (nSPS) is 12.6. The summed E-state index contributed by atoms with van der Waals surface area (Å²) in [4.78, 5) is 12.5.